The maximum atomic E-state index is 13.8. The van der Waals surface area contributed by atoms with Gasteiger partial charge < -0.3 is 20.8 Å². The molecule has 1 fully saturated rings. The van der Waals surface area contributed by atoms with Crippen LogP contribution < -0.4 is 5.73 Å². The summed E-state index contributed by atoms with van der Waals surface area (Å²) < 4.78 is 0. The number of likely N-dealkylation sites (tertiary alicyclic amines) is 1. The molecule has 0 saturated carbocycles. The minimum Gasteiger partial charge on any atom is -0.480 e. The first-order valence-corrected chi connectivity index (χ1v) is 12.5. The zero-order valence-corrected chi connectivity index (χ0v) is 21.0. The number of carboxylic acid groups (broad SMARTS) is 2. The van der Waals surface area contributed by atoms with E-state index in [0.717, 1.165) is 11.1 Å². The Labute approximate surface area is 215 Å². The number of carbonyl (C=O) groups excluding carboxylic acids is 1. The number of carboxylic acids is 2. The van der Waals surface area contributed by atoms with Gasteiger partial charge in [0.1, 0.15) is 6.04 Å². The number of aryl methyl sites for hydroxylation is 1. The van der Waals surface area contributed by atoms with Crippen LogP contribution in [-0.4, -0.2) is 61.2 Å². The molecule has 1 heterocycles. The van der Waals surface area contributed by atoms with Crippen LogP contribution in [0.15, 0.2) is 60.7 Å². The molecule has 2 aromatic rings. The maximum absolute atomic E-state index is 13.8. The molecular formula is C26H30N2O5S2. The number of thiocarbonyl (C=S) groups is 1. The Bertz CT molecular complexity index is 1070. The molecule has 0 aliphatic carbocycles. The number of benzene rings is 2. The molecule has 4 N–H and O–H groups in total. The molecule has 0 radical (unpaired) electrons. The summed E-state index contributed by atoms with van der Waals surface area (Å²) in [6, 6.07) is 16.1. The Hall–Kier alpha value is -2.75. The van der Waals surface area contributed by atoms with E-state index in [1.807, 2.05) is 60.7 Å². The summed E-state index contributed by atoms with van der Waals surface area (Å²) in [6.07, 6.45) is 0.977. The number of Topliss-reactive ketones (excluding diaryl/α,β-unsaturated/α-hetero) is 1. The number of rotatable bonds is 12. The van der Waals surface area contributed by atoms with Gasteiger partial charge in [-0.05, 0) is 42.6 Å². The van der Waals surface area contributed by atoms with Crippen LogP contribution in [-0.2, 0) is 27.2 Å². The lowest BCUT2D eigenvalue weighted by Gasteiger charge is -2.42. The second-order valence-electron chi connectivity index (χ2n) is 8.79. The van der Waals surface area contributed by atoms with Gasteiger partial charge in [-0.2, -0.15) is 12.6 Å². The van der Waals surface area contributed by atoms with Gasteiger partial charge in [-0.1, -0.05) is 72.9 Å². The normalized spacial score (nSPS) is 21.5. The van der Waals surface area contributed by atoms with E-state index in [-0.39, 0.29) is 36.4 Å². The van der Waals surface area contributed by atoms with Crippen LogP contribution in [0.1, 0.15) is 30.4 Å². The second kappa shape index (κ2) is 11.8. The van der Waals surface area contributed by atoms with Crippen molar-refractivity contribution in [2.24, 2.45) is 11.7 Å². The summed E-state index contributed by atoms with van der Waals surface area (Å²) >= 11 is 9.74. The molecule has 7 nitrogen and oxygen atoms in total. The minimum atomic E-state index is -2.19. The van der Waals surface area contributed by atoms with Gasteiger partial charge in [0, 0.05) is 12.3 Å². The summed E-state index contributed by atoms with van der Waals surface area (Å²) in [5.74, 6) is -3.88. The number of hydrogen-bond donors (Lipinski definition) is 4. The average Bonchev–Trinajstić information content (AvgIpc) is 3.12. The molecule has 3 rings (SSSR count). The molecular weight excluding hydrogens is 484 g/mol. The monoisotopic (exact) mass is 514 g/mol. The van der Waals surface area contributed by atoms with Crippen molar-refractivity contribution in [2.45, 2.75) is 49.7 Å². The number of aliphatic carboxylic acids is 2. The first-order valence-electron chi connectivity index (χ1n) is 11.5. The number of nitrogens with zero attached hydrogens (tertiary/aromatic N) is 1. The molecule has 186 valence electrons. The van der Waals surface area contributed by atoms with Crippen LogP contribution in [0.25, 0.3) is 0 Å². The predicted molar refractivity (Wildman–Crippen MR) is 141 cm³/mol. The smallest absolute Gasteiger partial charge is 0.337 e. The van der Waals surface area contributed by atoms with Crippen molar-refractivity contribution in [2.75, 3.05) is 5.75 Å². The Morgan fingerprint density at radius 2 is 1.60 bits per heavy atom. The van der Waals surface area contributed by atoms with E-state index in [2.05, 4.69) is 12.6 Å². The third kappa shape index (κ3) is 5.58. The molecule has 0 spiro atoms. The van der Waals surface area contributed by atoms with E-state index >= 15 is 0 Å². The third-order valence-corrected chi connectivity index (χ3v) is 7.23. The molecule has 1 aliphatic rings. The highest BCUT2D eigenvalue weighted by molar-refractivity contribution is 7.80. The third-order valence-electron chi connectivity index (χ3n) is 6.61. The van der Waals surface area contributed by atoms with Gasteiger partial charge in [-0.15, -0.1) is 0 Å². The van der Waals surface area contributed by atoms with Crippen LogP contribution in [0.3, 0.4) is 0 Å². The minimum absolute atomic E-state index is 0.0850. The number of hydrogen-bond acceptors (Lipinski definition) is 6. The number of nitrogens with two attached hydrogens (primary N) is 1. The quantitative estimate of drug-likeness (QED) is 0.194. The summed E-state index contributed by atoms with van der Waals surface area (Å²) in [5.41, 5.74) is 5.71. The number of carbonyl (C=O) groups is 3. The van der Waals surface area contributed by atoms with Crippen molar-refractivity contribution in [1.82, 2.24) is 4.90 Å². The summed E-state index contributed by atoms with van der Waals surface area (Å²) in [7, 11) is 0. The molecule has 9 heteroatoms. The Morgan fingerprint density at radius 1 is 1.03 bits per heavy atom. The van der Waals surface area contributed by atoms with Crippen LogP contribution in [0.2, 0.25) is 0 Å². The Kier molecular flexibility index (Phi) is 9.04. The zero-order chi connectivity index (χ0) is 25.6. The molecule has 2 aromatic carbocycles. The van der Waals surface area contributed by atoms with Crippen molar-refractivity contribution in [3.05, 3.63) is 71.8 Å². The molecule has 4 atom stereocenters. The van der Waals surface area contributed by atoms with Crippen LogP contribution in [0, 0.1) is 5.92 Å². The average molecular weight is 515 g/mol. The van der Waals surface area contributed by atoms with Crippen molar-refractivity contribution < 1.29 is 24.6 Å². The van der Waals surface area contributed by atoms with Crippen molar-refractivity contribution in [3.8, 4) is 0 Å². The fraction of sp³-hybridized carbons (Fsp3) is 0.385. The van der Waals surface area contributed by atoms with Crippen molar-refractivity contribution in [1.29, 1.82) is 0 Å². The largest absolute Gasteiger partial charge is 0.480 e. The van der Waals surface area contributed by atoms with Gasteiger partial charge in [0.15, 0.2) is 5.78 Å². The van der Waals surface area contributed by atoms with E-state index in [1.165, 1.54) is 4.90 Å². The lowest BCUT2D eigenvalue weighted by Crippen LogP contribution is -2.68. The van der Waals surface area contributed by atoms with Gasteiger partial charge in [-0.3, -0.25) is 4.79 Å². The number of ketones is 1. The highest BCUT2D eigenvalue weighted by Gasteiger charge is 2.64. The zero-order valence-electron chi connectivity index (χ0n) is 19.2. The van der Waals surface area contributed by atoms with E-state index in [4.69, 9.17) is 18.0 Å². The second-order valence-corrected chi connectivity index (χ2v) is 9.71. The molecule has 35 heavy (non-hydrogen) atoms. The van der Waals surface area contributed by atoms with Crippen molar-refractivity contribution in [3.63, 3.8) is 0 Å². The standard InChI is InChI=1S/C26H30N2O5S2/c27-20(13-14-34)23(29)26(25(32)33)19(15-18-9-5-2-6-10-18)16-22(35)28(26)21(24(30)31)12-11-17-7-3-1-4-8-17/h1-10,19-21,34H,11-16,27H2,(H,30,31)(H,32,33)/t19?,20-,21?,26+/m0/s1. The van der Waals surface area contributed by atoms with Crippen molar-refractivity contribution >= 4 is 47.6 Å². The Morgan fingerprint density at radius 3 is 2.11 bits per heavy atom. The molecule has 0 bridgehead atoms. The lowest BCUT2D eigenvalue weighted by molar-refractivity contribution is -0.161. The SMILES string of the molecule is N[C@@H](CCS)C(=O)[C@@]1(C(=O)O)C(Cc2ccccc2)CC(=S)N1C(CCc1ccccc1)C(=O)O. The summed E-state index contributed by atoms with van der Waals surface area (Å²) in [6.45, 7) is 0. The topological polar surface area (TPSA) is 121 Å². The number of thiol groups is 1. The molecule has 0 amide bonds. The fourth-order valence-corrected chi connectivity index (χ4v) is 5.71. The summed E-state index contributed by atoms with van der Waals surface area (Å²) in [4.78, 5) is 40.7. The fourth-order valence-electron chi connectivity index (χ4n) is 4.96. The van der Waals surface area contributed by atoms with Gasteiger partial charge >= 0.3 is 11.9 Å². The van der Waals surface area contributed by atoms with Gasteiger partial charge in [0.05, 0.1) is 11.0 Å². The Balaban J connectivity index is 2.09. The molecule has 0 aromatic heterocycles. The first kappa shape index (κ1) is 26.8. The highest BCUT2D eigenvalue weighted by Crippen LogP contribution is 2.43. The van der Waals surface area contributed by atoms with Crippen LogP contribution in [0.4, 0.5) is 0 Å². The first-order chi connectivity index (χ1) is 16.7. The van der Waals surface area contributed by atoms with Gasteiger partial charge in [-0.25, -0.2) is 9.59 Å². The molecule has 1 saturated heterocycles. The van der Waals surface area contributed by atoms with E-state index in [1.54, 1.807) is 0 Å². The van der Waals surface area contributed by atoms with E-state index in [9.17, 15) is 24.6 Å². The van der Waals surface area contributed by atoms with Crippen LogP contribution in [0.5, 0.6) is 0 Å². The highest BCUT2D eigenvalue weighted by atomic mass is 32.1. The maximum Gasteiger partial charge on any atom is 0.337 e. The van der Waals surface area contributed by atoms with E-state index < -0.39 is 41.3 Å². The molecule has 1 aliphatic heterocycles. The predicted octanol–water partition coefficient (Wildman–Crippen LogP) is 3.00. The summed E-state index contributed by atoms with van der Waals surface area (Å²) in [5, 5.41) is 20.8. The van der Waals surface area contributed by atoms with E-state index in [0.29, 0.717) is 6.42 Å². The lowest BCUT2D eigenvalue weighted by atomic mass is 9.74. The molecule has 2 unspecified atom stereocenters. The van der Waals surface area contributed by atoms with Gasteiger partial charge in [0.2, 0.25) is 5.54 Å². The van der Waals surface area contributed by atoms with Gasteiger partial charge in [0.25, 0.3) is 0 Å². The van der Waals surface area contributed by atoms with Crippen LogP contribution >= 0.6 is 24.8 Å².